The molecule has 0 amide bonds. The summed E-state index contributed by atoms with van der Waals surface area (Å²) in [6.45, 7) is 2.58. The topological polar surface area (TPSA) is 21.6 Å². The molecule has 0 radical (unpaired) electrons. The normalized spacial score (nSPS) is 11.2. The average molecular weight is 430 g/mol. The monoisotopic (exact) mass is 429 g/mol. The number of para-hydroxylation sites is 1. The number of hydrogen-bond acceptors (Lipinski definition) is 2. The van der Waals surface area contributed by atoms with Gasteiger partial charge in [-0.15, -0.1) is 0 Å². The van der Waals surface area contributed by atoms with Crippen molar-refractivity contribution >= 4 is 38.6 Å². The van der Waals surface area contributed by atoms with Crippen molar-refractivity contribution in [3.63, 3.8) is 0 Å². The van der Waals surface area contributed by atoms with E-state index in [1.165, 1.54) is 5.39 Å². The van der Waals surface area contributed by atoms with Gasteiger partial charge in [0.2, 0.25) is 0 Å². The van der Waals surface area contributed by atoms with E-state index in [0.717, 1.165) is 38.0 Å². The zero-order chi connectivity index (χ0) is 19.3. The van der Waals surface area contributed by atoms with E-state index in [-0.39, 0.29) is 0 Å². The smallest absolute Gasteiger partial charge is 0.129 e. The van der Waals surface area contributed by atoms with Gasteiger partial charge in [-0.2, -0.15) is 0 Å². The van der Waals surface area contributed by atoms with Crippen LogP contribution in [0.25, 0.3) is 10.8 Å². The van der Waals surface area contributed by atoms with Crippen molar-refractivity contribution in [2.24, 2.45) is 4.99 Å². The first-order chi connectivity index (χ1) is 13.7. The van der Waals surface area contributed by atoms with Gasteiger partial charge >= 0.3 is 0 Å². The Balaban J connectivity index is 1.70. The van der Waals surface area contributed by atoms with Crippen molar-refractivity contribution in [2.45, 2.75) is 13.5 Å². The third kappa shape index (κ3) is 4.15. The summed E-state index contributed by atoms with van der Waals surface area (Å²) in [5.74, 6) is 0.832. The number of fused-ring (bicyclic) bond motifs is 1. The molecule has 0 atom stereocenters. The minimum Gasteiger partial charge on any atom is -0.488 e. The highest BCUT2D eigenvalue weighted by atomic mass is 79.9. The summed E-state index contributed by atoms with van der Waals surface area (Å²) in [7, 11) is 0. The number of benzene rings is 4. The predicted molar refractivity (Wildman–Crippen MR) is 121 cm³/mol. The van der Waals surface area contributed by atoms with E-state index in [4.69, 9.17) is 9.73 Å². The minimum absolute atomic E-state index is 0.511. The van der Waals surface area contributed by atoms with Crippen LogP contribution in [-0.4, -0.2) is 6.21 Å². The molecule has 0 unspecified atom stereocenters. The first-order valence-corrected chi connectivity index (χ1v) is 9.99. The molecule has 4 aromatic rings. The Bertz CT molecular complexity index is 1130. The van der Waals surface area contributed by atoms with Crippen molar-refractivity contribution in [2.75, 3.05) is 0 Å². The quantitative estimate of drug-likeness (QED) is 0.306. The number of aliphatic imine (C=N–C) groups is 1. The molecule has 138 valence electrons. The Morgan fingerprint density at radius 2 is 1.61 bits per heavy atom. The van der Waals surface area contributed by atoms with Crippen LogP contribution >= 0.6 is 15.9 Å². The fourth-order valence-corrected chi connectivity index (χ4v) is 3.38. The second-order valence-electron chi connectivity index (χ2n) is 6.66. The van der Waals surface area contributed by atoms with Crippen LogP contribution in [0.15, 0.2) is 94.4 Å². The molecule has 3 heteroatoms. The summed E-state index contributed by atoms with van der Waals surface area (Å²) in [4.78, 5) is 4.74. The second-order valence-corrected chi connectivity index (χ2v) is 7.57. The molecule has 0 saturated carbocycles. The van der Waals surface area contributed by atoms with Crippen molar-refractivity contribution in [1.29, 1.82) is 0 Å². The number of halogens is 1. The maximum absolute atomic E-state index is 6.18. The first-order valence-electron chi connectivity index (χ1n) is 9.19. The van der Waals surface area contributed by atoms with Gasteiger partial charge in [0, 0.05) is 16.3 Å². The SMILES string of the molecule is Cc1ccccc1N=Cc1c(OCc2ccc(Br)cc2)ccc2ccccc12. The fourth-order valence-electron chi connectivity index (χ4n) is 3.12. The van der Waals surface area contributed by atoms with Gasteiger partial charge in [0.1, 0.15) is 12.4 Å². The molecule has 0 aliphatic carbocycles. The molecule has 0 aromatic heterocycles. The van der Waals surface area contributed by atoms with Gasteiger partial charge < -0.3 is 4.74 Å². The molecular formula is C25H20BrNO. The van der Waals surface area contributed by atoms with Crippen LogP contribution < -0.4 is 4.74 Å². The van der Waals surface area contributed by atoms with E-state index in [9.17, 15) is 0 Å². The van der Waals surface area contributed by atoms with Gasteiger partial charge in [-0.05, 0) is 53.1 Å². The lowest BCUT2D eigenvalue weighted by molar-refractivity contribution is 0.306. The highest BCUT2D eigenvalue weighted by Crippen LogP contribution is 2.28. The summed E-state index contributed by atoms with van der Waals surface area (Å²) in [6, 6.07) is 28.8. The van der Waals surface area contributed by atoms with Crippen LogP contribution in [0.1, 0.15) is 16.7 Å². The zero-order valence-corrected chi connectivity index (χ0v) is 17.2. The molecule has 4 aromatic carbocycles. The van der Waals surface area contributed by atoms with Crippen LogP contribution in [0.2, 0.25) is 0 Å². The summed E-state index contributed by atoms with van der Waals surface area (Å²) >= 11 is 3.47. The molecule has 0 N–H and O–H groups in total. The van der Waals surface area contributed by atoms with Crippen LogP contribution in [0.3, 0.4) is 0 Å². The third-order valence-electron chi connectivity index (χ3n) is 4.69. The summed E-state index contributed by atoms with van der Waals surface area (Å²) < 4.78 is 7.25. The predicted octanol–water partition coefficient (Wildman–Crippen LogP) is 7.24. The molecule has 2 nitrogen and oxygen atoms in total. The van der Waals surface area contributed by atoms with Gasteiger partial charge in [0.25, 0.3) is 0 Å². The van der Waals surface area contributed by atoms with Gasteiger partial charge in [0.15, 0.2) is 0 Å². The van der Waals surface area contributed by atoms with Gasteiger partial charge in [0.05, 0.1) is 5.69 Å². The number of rotatable bonds is 5. The van der Waals surface area contributed by atoms with Crippen molar-refractivity contribution < 1.29 is 4.74 Å². The molecule has 0 heterocycles. The molecule has 0 saturated heterocycles. The number of nitrogens with zero attached hydrogens (tertiary/aromatic N) is 1. The van der Waals surface area contributed by atoms with Crippen LogP contribution in [0.5, 0.6) is 5.75 Å². The molecule has 0 bridgehead atoms. The van der Waals surface area contributed by atoms with Gasteiger partial charge in [-0.1, -0.05) is 76.6 Å². The van der Waals surface area contributed by atoms with E-state index < -0.39 is 0 Å². The van der Waals surface area contributed by atoms with Crippen LogP contribution in [0.4, 0.5) is 5.69 Å². The number of aryl methyl sites for hydroxylation is 1. The van der Waals surface area contributed by atoms with Crippen LogP contribution in [0, 0.1) is 6.92 Å². The average Bonchev–Trinajstić information content (AvgIpc) is 2.73. The standard InChI is InChI=1S/C25H20BrNO/c1-18-6-2-5-9-24(18)27-16-23-22-8-4-3-7-20(22)12-15-25(23)28-17-19-10-13-21(26)14-11-19/h2-16H,17H2,1H3. The van der Waals surface area contributed by atoms with E-state index in [0.29, 0.717) is 6.61 Å². The van der Waals surface area contributed by atoms with E-state index in [2.05, 4.69) is 59.3 Å². The molecule has 0 aliphatic rings. The lowest BCUT2D eigenvalue weighted by atomic mass is 10.0. The van der Waals surface area contributed by atoms with Crippen molar-refractivity contribution in [3.8, 4) is 5.75 Å². The van der Waals surface area contributed by atoms with Gasteiger partial charge in [-0.25, -0.2) is 0 Å². The molecule has 4 rings (SSSR count). The highest BCUT2D eigenvalue weighted by Gasteiger charge is 2.08. The Labute approximate surface area is 173 Å². The summed E-state index contributed by atoms with van der Waals surface area (Å²) in [5.41, 5.74) is 4.24. The molecule has 0 spiro atoms. The summed E-state index contributed by atoms with van der Waals surface area (Å²) in [5, 5.41) is 2.30. The number of ether oxygens (including phenoxy) is 1. The molecule has 0 fully saturated rings. The largest absolute Gasteiger partial charge is 0.488 e. The third-order valence-corrected chi connectivity index (χ3v) is 5.22. The molecular weight excluding hydrogens is 410 g/mol. The molecule has 0 aliphatic heterocycles. The maximum atomic E-state index is 6.18. The minimum atomic E-state index is 0.511. The Morgan fingerprint density at radius 1 is 0.857 bits per heavy atom. The van der Waals surface area contributed by atoms with E-state index in [1.807, 2.05) is 54.7 Å². The van der Waals surface area contributed by atoms with Crippen molar-refractivity contribution in [3.05, 3.63) is 106 Å². The highest BCUT2D eigenvalue weighted by molar-refractivity contribution is 9.10. The maximum Gasteiger partial charge on any atom is 0.129 e. The van der Waals surface area contributed by atoms with E-state index in [1.54, 1.807) is 0 Å². The molecule has 28 heavy (non-hydrogen) atoms. The lowest BCUT2D eigenvalue weighted by Gasteiger charge is -2.12. The van der Waals surface area contributed by atoms with Crippen LogP contribution in [-0.2, 0) is 6.61 Å². The Kier molecular flexibility index (Phi) is 5.54. The van der Waals surface area contributed by atoms with Gasteiger partial charge in [-0.3, -0.25) is 4.99 Å². The number of hydrogen-bond donors (Lipinski definition) is 0. The van der Waals surface area contributed by atoms with Crippen molar-refractivity contribution in [1.82, 2.24) is 0 Å². The lowest BCUT2D eigenvalue weighted by Crippen LogP contribution is -1.99. The second kappa shape index (κ2) is 8.41. The fraction of sp³-hybridized carbons (Fsp3) is 0.0800. The summed E-state index contributed by atoms with van der Waals surface area (Å²) in [6.07, 6.45) is 1.92. The first kappa shape index (κ1) is 18.5. The Hall–Kier alpha value is -2.91. The van der Waals surface area contributed by atoms with E-state index >= 15 is 0 Å². The Morgan fingerprint density at radius 3 is 2.43 bits per heavy atom. The zero-order valence-electron chi connectivity index (χ0n) is 15.6.